The topological polar surface area (TPSA) is 55.8 Å². The van der Waals surface area contributed by atoms with Gasteiger partial charge in [-0.1, -0.05) is 6.07 Å². The number of carbonyl (C=O) groups is 1. The minimum absolute atomic E-state index is 0.232. The molecule has 0 spiro atoms. The van der Waals surface area contributed by atoms with E-state index in [9.17, 15) is 9.90 Å². The number of hydrogen-bond acceptors (Lipinski definition) is 5. The zero-order chi connectivity index (χ0) is 13.5. The molecule has 0 saturated heterocycles. The zero-order valence-corrected chi connectivity index (χ0v) is 11.6. The number of esters is 1. The highest BCUT2D eigenvalue weighted by Gasteiger charge is 2.14. The maximum atomic E-state index is 11.0. The molecule has 0 unspecified atom stereocenters. The average Bonchev–Trinajstić information content (AvgIpc) is 2.37. The lowest BCUT2D eigenvalue weighted by Gasteiger charge is -2.15. The minimum Gasteiger partial charge on any atom is -0.496 e. The normalized spacial score (nSPS) is 12.0. The second-order valence-electron chi connectivity index (χ2n) is 3.72. The molecule has 4 nitrogen and oxygen atoms in total. The van der Waals surface area contributed by atoms with Crippen molar-refractivity contribution in [2.45, 2.75) is 24.3 Å². The highest BCUT2D eigenvalue weighted by molar-refractivity contribution is 7.99. The van der Waals surface area contributed by atoms with Crippen LogP contribution in [0.5, 0.6) is 5.75 Å². The molecule has 0 bridgehead atoms. The van der Waals surface area contributed by atoms with Crippen molar-refractivity contribution >= 4 is 17.7 Å². The fourth-order valence-corrected chi connectivity index (χ4v) is 2.68. The first-order chi connectivity index (χ1) is 8.60. The van der Waals surface area contributed by atoms with Crippen LogP contribution in [0.25, 0.3) is 0 Å². The molecule has 0 aliphatic carbocycles. The van der Waals surface area contributed by atoms with E-state index in [1.54, 1.807) is 14.0 Å². The fraction of sp³-hybridized carbons (Fsp3) is 0.462. The SMILES string of the molecule is COC(=O)CCSc1cccc(OC)c1[C@@H](C)O. The summed E-state index contributed by atoms with van der Waals surface area (Å²) in [5.74, 6) is 1.04. The standard InChI is InChI=1S/C13H18O4S/c1-9(14)13-10(16-2)5-4-6-11(13)18-8-7-12(15)17-3/h4-6,9,14H,7-8H2,1-3H3/t9-/m1/s1. The molecule has 1 atom stereocenters. The summed E-state index contributed by atoms with van der Waals surface area (Å²) in [5, 5.41) is 9.79. The molecule has 1 N–H and O–H groups in total. The van der Waals surface area contributed by atoms with Crippen LogP contribution in [0.15, 0.2) is 23.1 Å². The molecule has 0 radical (unpaired) electrons. The van der Waals surface area contributed by atoms with E-state index in [1.807, 2.05) is 18.2 Å². The molecule has 1 aromatic carbocycles. The smallest absolute Gasteiger partial charge is 0.306 e. The van der Waals surface area contributed by atoms with Gasteiger partial charge in [-0.15, -0.1) is 11.8 Å². The van der Waals surface area contributed by atoms with Gasteiger partial charge < -0.3 is 14.6 Å². The first kappa shape index (κ1) is 14.9. The monoisotopic (exact) mass is 270 g/mol. The van der Waals surface area contributed by atoms with Crippen LogP contribution >= 0.6 is 11.8 Å². The van der Waals surface area contributed by atoms with Gasteiger partial charge in [0, 0.05) is 16.2 Å². The van der Waals surface area contributed by atoms with E-state index in [-0.39, 0.29) is 5.97 Å². The van der Waals surface area contributed by atoms with E-state index in [1.165, 1.54) is 18.9 Å². The zero-order valence-electron chi connectivity index (χ0n) is 10.8. The number of thioether (sulfide) groups is 1. The summed E-state index contributed by atoms with van der Waals surface area (Å²) >= 11 is 1.51. The van der Waals surface area contributed by atoms with Crippen molar-refractivity contribution in [2.75, 3.05) is 20.0 Å². The van der Waals surface area contributed by atoms with Gasteiger partial charge in [0.1, 0.15) is 5.75 Å². The molecular formula is C13H18O4S. The summed E-state index contributed by atoms with van der Waals surface area (Å²) in [7, 11) is 2.95. The van der Waals surface area contributed by atoms with Crippen LogP contribution in [0.2, 0.25) is 0 Å². The summed E-state index contributed by atoms with van der Waals surface area (Å²) in [4.78, 5) is 12.0. The summed E-state index contributed by atoms with van der Waals surface area (Å²) in [6, 6.07) is 5.59. The van der Waals surface area contributed by atoms with Gasteiger partial charge in [-0.05, 0) is 19.1 Å². The molecule has 5 heteroatoms. The summed E-state index contributed by atoms with van der Waals surface area (Å²) in [5.41, 5.74) is 0.759. The lowest BCUT2D eigenvalue weighted by atomic mass is 10.1. The number of hydrogen-bond donors (Lipinski definition) is 1. The van der Waals surface area contributed by atoms with Gasteiger partial charge in [0.05, 0.1) is 26.7 Å². The van der Waals surface area contributed by atoms with Crippen molar-refractivity contribution in [3.8, 4) is 5.75 Å². The number of ether oxygens (including phenoxy) is 2. The molecule has 0 heterocycles. The molecule has 0 aliphatic heterocycles. The Morgan fingerprint density at radius 1 is 1.44 bits per heavy atom. The van der Waals surface area contributed by atoms with Crippen molar-refractivity contribution in [2.24, 2.45) is 0 Å². The summed E-state index contributed by atoms with van der Waals surface area (Å²) in [6.07, 6.45) is -0.265. The predicted octanol–water partition coefficient (Wildman–Crippen LogP) is 2.40. The van der Waals surface area contributed by atoms with Crippen molar-refractivity contribution in [3.63, 3.8) is 0 Å². The van der Waals surface area contributed by atoms with Gasteiger partial charge in [-0.25, -0.2) is 0 Å². The molecule has 0 amide bonds. The van der Waals surface area contributed by atoms with E-state index in [2.05, 4.69) is 4.74 Å². The van der Waals surface area contributed by atoms with Crippen LogP contribution < -0.4 is 4.74 Å². The lowest BCUT2D eigenvalue weighted by molar-refractivity contribution is -0.140. The molecule has 0 saturated carbocycles. The Hall–Kier alpha value is -1.20. The number of aliphatic hydroxyl groups excluding tert-OH is 1. The number of benzene rings is 1. The molecule has 18 heavy (non-hydrogen) atoms. The predicted molar refractivity (Wildman–Crippen MR) is 71.0 cm³/mol. The van der Waals surface area contributed by atoms with Crippen LogP contribution in [-0.2, 0) is 9.53 Å². The number of rotatable bonds is 6. The molecule has 1 aromatic rings. The van der Waals surface area contributed by atoms with Crippen LogP contribution in [0.3, 0.4) is 0 Å². The third kappa shape index (κ3) is 3.92. The maximum Gasteiger partial charge on any atom is 0.306 e. The Labute approximate surface area is 111 Å². The number of methoxy groups -OCH3 is 2. The minimum atomic E-state index is -0.609. The van der Waals surface area contributed by atoms with E-state index in [4.69, 9.17) is 4.74 Å². The Kier molecular flexibility index (Phi) is 6.01. The van der Waals surface area contributed by atoms with Crippen molar-refractivity contribution in [1.82, 2.24) is 0 Å². The summed E-state index contributed by atoms with van der Waals surface area (Å²) in [6.45, 7) is 1.70. The van der Waals surface area contributed by atoms with Gasteiger partial charge in [0.2, 0.25) is 0 Å². The van der Waals surface area contributed by atoms with Crippen LogP contribution in [0, 0.1) is 0 Å². The van der Waals surface area contributed by atoms with Gasteiger partial charge in [-0.2, -0.15) is 0 Å². The first-order valence-electron chi connectivity index (χ1n) is 5.64. The van der Waals surface area contributed by atoms with E-state index >= 15 is 0 Å². The molecule has 1 rings (SSSR count). The van der Waals surface area contributed by atoms with Gasteiger partial charge >= 0.3 is 5.97 Å². The average molecular weight is 270 g/mol. The molecule has 0 aliphatic rings. The van der Waals surface area contributed by atoms with Crippen molar-refractivity contribution in [1.29, 1.82) is 0 Å². The van der Waals surface area contributed by atoms with Crippen molar-refractivity contribution in [3.05, 3.63) is 23.8 Å². The fourth-order valence-electron chi connectivity index (χ4n) is 1.59. The summed E-state index contributed by atoms with van der Waals surface area (Å²) < 4.78 is 9.82. The molecular weight excluding hydrogens is 252 g/mol. The third-order valence-electron chi connectivity index (χ3n) is 2.46. The highest BCUT2D eigenvalue weighted by atomic mass is 32.2. The van der Waals surface area contributed by atoms with E-state index < -0.39 is 6.10 Å². The molecule has 0 aromatic heterocycles. The second kappa shape index (κ2) is 7.28. The quantitative estimate of drug-likeness (QED) is 0.635. The lowest BCUT2D eigenvalue weighted by Crippen LogP contribution is -2.02. The second-order valence-corrected chi connectivity index (χ2v) is 4.86. The largest absolute Gasteiger partial charge is 0.496 e. The van der Waals surface area contributed by atoms with E-state index in [0.29, 0.717) is 17.9 Å². The van der Waals surface area contributed by atoms with Crippen LogP contribution in [0.1, 0.15) is 25.0 Å². The van der Waals surface area contributed by atoms with Gasteiger partial charge in [0.15, 0.2) is 0 Å². The van der Waals surface area contributed by atoms with Crippen LogP contribution in [0.4, 0.5) is 0 Å². The Morgan fingerprint density at radius 3 is 2.72 bits per heavy atom. The van der Waals surface area contributed by atoms with Crippen LogP contribution in [-0.4, -0.2) is 31.0 Å². The molecule has 100 valence electrons. The Bertz CT molecular complexity index is 404. The van der Waals surface area contributed by atoms with E-state index in [0.717, 1.165) is 10.5 Å². The Balaban J connectivity index is 2.78. The first-order valence-corrected chi connectivity index (χ1v) is 6.63. The van der Waals surface area contributed by atoms with Gasteiger partial charge in [-0.3, -0.25) is 4.79 Å². The third-order valence-corrected chi connectivity index (χ3v) is 3.53. The molecule has 0 fully saturated rings. The number of carbonyl (C=O) groups excluding carboxylic acids is 1. The van der Waals surface area contributed by atoms with Gasteiger partial charge in [0.25, 0.3) is 0 Å². The highest BCUT2D eigenvalue weighted by Crippen LogP contribution is 2.34. The van der Waals surface area contributed by atoms with Crippen molar-refractivity contribution < 1.29 is 19.4 Å². The number of aliphatic hydroxyl groups is 1. The Morgan fingerprint density at radius 2 is 2.17 bits per heavy atom. The maximum absolute atomic E-state index is 11.0.